The second-order valence-corrected chi connectivity index (χ2v) is 32.5. The SMILES string of the molecule is CC(C)[Si](c1ncc(-c2sc(-c3cnc([Si](C(C)C)(C(C)C)C(C)C)s3)c(C(=O)N3CCCCC3)c2C(=O)N2CCCCC2)s1)(C(C)C)C(C)C. The summed E-state index contributed by atoms with van der Waals surface area (Å²) in [7, 11) is -4.05. The van der Waals surface area contributed by atoms with Crippen LogP contribution in [0.25, 0.3) is 19.5 Å². The minimum atomic E-state index is -2.02. The van der Waals surface area contributed by atoms with E-state index >= 15 is 0 Å². The van der Waals surface area contributed by atoms with Gasteiger partial charge >= 0.3 is 0 Å². The van der Waals surface area contributed by atoms with E-state index in [-0.39, 0.29) is 11.8 Å². The highest BCUT2D eigenvalue weighted by Gasteiger charge is 2.49. The highest BCUT2D eigenvalue weighted by Crippen LogP contribution is 2.49. The highest BCUT2D eigenvalue weighted by atomic mass is 32.1. The molecule has 2 fully saturated rings. The van der Waals surface area contributed by atoms with E-state index in [1.54, 1.807) is 34.0 Å². The topological polar surface area (TPSA) is 66.4 Å². The van der Waals surface area contributed by atoms with Crippen LogP contribution in [0.15, 0.2) is 12.4 Å². The van der Waals surface area contributed by atoms with E-state index < -0.39 is 16.1 Å². The molecule has 0 spiro atoms. The number of piperidine rings is 2. The van der Waals surface area contributed by atoms with Crippen LogP contribution in [-0.4, -0.2) is 73.9 Å². The quantitative estimate of drug-likeness (QED) is 0.172. The molecule has 0 atom stereocenters. The van der Waals surface area contributed by atoms with Crippen LogP contribution in [0.2, 0.25) is 33.2 Å². The number of likely N-dealkylation sites (tertiary alicyclic amines) is 2. The van der Waals surface area contributed by atoms with Crippen molar-refractivity contribution < 1.29 is 9.59 Å². The largest absolute Gasteiger partial charge is 0.339 e. The van der Waals surface area contributed by atoms with Crippen LogP contribution < -0.4 is 9.26 Å². The Balaban J connectivity index is 1.79. The van der Waals surface area contributed by atoms with Gasteiger partial charge in [0.15, 0.2) is 0 Å². The van der Waals surface area contributed by atoms with Crippen molar-refractivity contribution in [2.24, 2.45) is 0 Å². The third-order valence-corrected chi connectivity index (χ3v) is 31.7. The zero-order chi connectivity index (χ0) is 37.4. The molecule has 5 heterocycles. The summed E-state index contributed by atoms with van der Waals surface area (Å²) in [5, 5.41) is 0. The standard InChI is InChI=1S/C40H64N4O2S3Si2/c1-25(2)50(26(3)4,27(5)6)39-41-23-31(47-39)35-33(37(45)43-19-15-13-16-20-43)34(38(46)44-21-17-14-18-22-44)36(49-35)32-24-42-40(48-32)51(28(7)8,29(9)10)30(11)12/h23-30H,13-22H2,1-12H3. The zero-order valence-corrected chi connectivity index (χ0v) is 38.0. The lowest BCUT2D eigenvalue weighted by Crippen LogP contribution is -2.55. The van der Waals surface area contributed by atoms with Gasteiger partial charge in [0.25, 0.3) is 11.8 Å². The van der Waals surface area contributed by atoms with Crippen molar-refractivity contribution in [2.75, 3.05) is 26.2 Å². The maximum absolute atomic E-state index is 15.0. The first kappa shape index (κ1) is 40.5. The first-order valence-electron chi connectivity index (χ1n) is 19.8. The second kappa shape index (κ2) is 16.4. The molecule has 3 aromatic heterocycles. The Hall–Kier alpha value is -1.67. The predicted octanol–water partition coefficient (Wildman–Crippen LogP) is 11.0. The lowest BCUT2D eigenvalue weighted by molar-refractivity contribution is 0.0687. The lowest BCUT2D eigenvalue weighted by Gasteiger charge is -2.41. The van der Waals surface area contributed by atoms with Crippen LogP contribution in [-0.2, 0) is 0 Å². The van der Waals surface area contributed by atoms with E-state index in [2.05, 4.69) is 83.1 Å². The van der Waals surface area contributed by atoms with Gasteiger partial charge in [-0.2, -0.15) is 0 Å². The van der Waals surface area contributed by atoms with Crippen molar-refractivity contribution in [1.29, 1.82) is 0 Å². The third-order valence-electron chi connectivity index (χ3n) is 12.6. The highest BCUT2D eigenvalue weighted by molar-refractivity contribution is 7.34. The first-order valence-corrected chi connectivity index (χ1v) is 26.7. The molecule has 5 rings (SSSR count). The van der Waals surface area contributed by atoms with E-state index in [1.165, 1.54) is 9.26 Å². The molecule has 2 saturated heterocycles. The fourth-order valence-corrected chi connectivity index (χ4v) is 31.0. The number of hydrogen-bond donors (Lipinski definition) is 0. The molecule has 0 aliphatic carbocycles. The van der Waals surface area contributed by atoms with Crippen molar-refractivity contribution in [2.45, 2.75) is 155 Å². The van der Waals surface area contributed by atoms with Crippen molar-refractivity contribution in [1.82, 2.24) is 19.8 Å². The van der Waals surface area contributed by atoms with E-state index in [1.807, 2.05) is 22.2 Å². The fourth-order valence-electron chi connectivity index (χ4n) is 10.3. The van der Waals surface area contributed by atoms with Crippen LogP contribution in [0.3, 0.4) is 0 Å². The molecule has 3 aromatic rings. The molecule has 0 radical (unpaired) electrons. The minimum absolute atomic E-state index is 0.0163. The monoisotopic (exact) mass is 784 g/mol. The zero-order valence-electron chi connectivity index (χ0n) is 33.5. The van der Waals surface area contributed by atoms with Crippen LogP contribution in [0, 0.1) is 0 Å². The molecule has 51 heavy (non-hydrogen) atoms. The molecular weight excluding hydrogens is 721 g/mol. The average molecular weight is 785 g/mol. The molecule has 2 aliphatic rings. The maximum atomic E-state index is 15.0. The minimum Gasteiger partial charge on any atom is -0.339 e. The van der Waals surface area contributed by atoms with Gasteiger partial charge < -0.3 is 9.80 Å². The van der Waals surface area contributed by atoms with Crippen LogP contribution in [0.1, 0.15) is 142 Å². The van der Waals surface area contributed by atoms with Gasteiger partial charge in [-0.15, -0.1) is 34.0 Å². The summed E-state index contributed by atoms with van der Waals surface area (Å²) in [6, 6.07) is 0. The number of thiophene rings is 1. The van der Waals surface area contributed by atoms with E-state index in [4.69, 9.17) is 9.97 Å². The molecule has 0 bridgehead atoms. The molecule has 0 aromatic carbocycles. The van der Waals surface area contributed by atoms with Crippen molar-refractivity contribution >= 4 is 71.2 Å². The Morgan fingerprint density at radius 1 is 0.510 bits per heavy atom. The summed E-state index contributed by atoms with van der Waals surface area (Å²) in [6.07, 6.45) is 10.4. The normalized spacial score (nSPS) is 16.6. The van der Waals surface area contributed by atoms with Gasteiger partial charge in [0, 0.05) is 38.6 Å². The van der Waals surface area contributed by atoms with Crippen LogP contribution in [0.4, 0.5) is 0 Å². The fraction of sp³-hybridized carbons (Fsp3) is 0.700. The molecule has 2 aliphatic heterocycles. The van der Waals surface area contributed by atoms with Crippen LogP contribution in [0.5, 0.6) is 0 Å². The molecule has 0 unspecified atom stereocenters. The van der Waals surface area contributed by atoms with Gasteiger partial charge in [0.05, 0.1) is 39.9 Å². The lowest BCUT2D eigenvalue weighted by atomic mass is 10.0. The number of aromatic nitrogens is 2. The van der Waals surface area contributed by atoms with Crippen molar-refractivity contribution in [3.05, 3.63) is 23.5 Å². The average Bonchev–Trinajstić information content (AvgIpc) is 3.84. The van der Waals surface area contributed by atoms with Gasteiger partial charge in [0.1, 0.15) is 16.1 Å². The summed E-state index contributed by atoms with van der Waals surface area (Å²) in [6.45, 7) is 31.6. The molecular formula is C40H64N4O2S3Si2. The summed E-state index contributed by atoms with van der Waals surface area (Å²) in [5.41, 5.74) is 4.42. The molecule has 6 nitrogen and oxygen atoms in total. The number of hydrogen-bond acceptors (Lipinski definition) is 7. The number of carbonyl (C=O) groups is 2. The molecule has 2 amide bonds. The molecule has 11 heteroatoms. The molecule has 282 valence electrons. The van der Waals surface area contributed by atoms with E-state index in [9.17, 15) is 9.59 Å². The van der Waals surface area contributed by atoms with E-state index in [0.717, 1.165) is 84.2 Å². The van der Waals surface area contributed by atoms with Crippen molar-refractivity contribution in [3.8, 4) is 19.5 Å². The smallest absolute Gasteiger partial charge is 0.256 e. The number of nitrogens with zero attached hydrogens (tertiary/aromatic N) is 4. The molecule has 0 saturated carbocycles. The maximum Gasteiger partial charge on any atom is 0.256 e. The predicted molar refractivity (Wildman–Crippen MR) is 227 cm³/mol. The third kappa shape index (κ3) is 7.17. The summed E-state index contributed by atoms with van der Waals surface area (Å²) < 4.78 is 2.55. The van der Waals surface area contributed by atoms with Gasteiger partial charge in [-0.25, -0.2) is 0 Å². The Kier molecular flexibility index (Phi) is 13.0. The number of carbonyl (C=O) groups excluding carboxylic acids is 2. The first-order chi connectivity index (χ1) is 24.1. The number of thiazole rings is 2. The Bertz CT molecular complexity index is 1500. The Labute approximate surface area is 322 Å². The van der Waals surface area contributed by atoms with Gasteiger partial charge in [-0.1, -0.05) is 83.1 Å². The molecule has 0 N–H and O–H groups in total. The number of amides is 2. The van der Waals surface area contributed by atoms with Gasteiger partial charge in [-0.3, -0.25) is 19.6 Å². The summed E-state index contributed by atoms with van der Waals surface area (Å²) in [4.78, 5) is 48.4. The van der Waals surface area contributed by atoms with Crippen molar-refractivity contribution in [3.63, 3.8) is 0 Å². The summed E-state index contributed by atoms with van der Waals surface area (Å²) >= 11 is 5.26. The Morgan fingerprint density at radius 3 is 1.08 bits per heavy atom. The van der Waals surface area contributed by atoms with Crippen LogP contribution >= 0.6 is 34.0 Å². The number of rotatable bonds is 12. The Morgan fingerprint density at radius 2 is 0.804 bits per heavy atom. The van der Waals surface area contributed by atoms with Gasteiger partial charge in [0.2, 0.25) is 0 Å². The summed E-state index contributed by atoms with van der Waals surface area (Å²) in [5.74, 6) is 0.0326. The van der Waals surface area contributed by atoms with Gasteiger partial charge in [-0.05, 0) is 71.8 Å². The van der Waals surface area contributed by atoms with E-state index in [0.29, 0.717) is 44.4 Å². The second-order valence-electron chi connectivity index (χ2n) is 17.1.